The average molecular weight is 839 g/mol. The predicted octanol–water partition coefficient (Wildman–Crippen LogP) is 8.04. The van der Waals surface area contributed by atoms with Crippen molar-refractivity contribution in [3.8, 4) is 23.0 Å². The maximum absolute atomic E-state index is 11.4. The first-order valence-electron chi connectivity index (χ1n) is 20.4. The van der Waals surface area contributed by atoms with Gasteiger partial charge in [-0.15, -0.1) is 0 Å². The Hall–Kier alpha value is -5.62. The molecule has 0 aromatic heterocycles. The van der Waals surface area contributed by atoms with Crippen molar-refractivity contribution < 1.29 is 53.3 Å². The number of hydrogen-bond donors (Lipinski definition) is 3. The van der Waals surface area contributed by atoms with Crippen LogP contribution in [0.5, 0.6) is 23.0 Å². The quantitative estimate of drug-likeness (QED) is 0.0492. The summed E-state index contributed by atoms with van der Waals surface area (Å²) in [5.74, 6) is 1.19. The fourth-order valence-corrected chi connectivity index (χ4v) is 6.41. The molecule has 0 saturated carbocycles. The molecule has 0 fully saturated rings. The minimum absolute atomic E-state index is 0.0252. The van der Waals surface area contributed by atoms with E-state index in [1.807, 2.05) is 111 Å². The van der Waals surface area contributed by atoms with E-state index in [0.717, 1.165) is 34.4 Å². The fourth-order valence-electron chi connectivity index (χ4n) is 6.41. The van der Waals surface area contributed by atoms with Gasteiger partial charge in [0.2, 0.25) is 0 Å². The minimum Gasteiger partial charge on any atom is -0.491 e. The second-order valence-electron chi connectivity index (χ2n) is 16.8. The Morgan fingerprint density at radius 1 is 0.525 bits per heavy atom. The molecule has 0 saturated heterocycles. The Labute approximate surface area is 360 Å². The molecule has 0 spiro atoms. The number of hydrogen-bond acceptors (Lipinski definition) is 11. The second kappa shape index (κ2) is 20.8. The molecule has 61 heavy (non-hydrogen) atoms. The lowest BCUT2D eigenvalue weighted by Crippen LogP contribution is -2.47. The third kappa shape index (κ3) is 12.9. The van der Waals surface area contributed by atoms with Crippen LogP contribution >= 0.6 is 0 Å². The maximum Gasteiger partial charge on any atom is 0.330 e. The number of benzene rings is 4. The van der Waals surface area contributed by atoms with E-state index >= 15 is 0 Å². The second-order valence-corrected chi connectivity index (χ2v) is 16.8. The summed E-state index contributed by atoms with van der Waals surface area (Å²) < 4.78 is 34.0. The standard InChI is InChI=1S/C50H62O11/c1-11-45(54)58-31-38(51)30-56-39-22-14-34(15-23-39)48(6,7)37-20-28-42(29-21-37)61-50(10,13-3)44(53)33-57-40-24-16-35(17-25-40)47(4,5)36-18-26-41(27-19-36)60-49(8,9)43(52)32-59-46(55)12-2/h11-12,14-29,38,43-44,51-53H,1-2,13,30-33H2,3-10H3. The van der Waals surface area contributed by atoms with Crippen molar-refractivity contribution >= 4 is 11.9 Å². The lowest BCUT2D eigenvalue weighted by atomic mass is 9.78. The molecule has 11 nitrogen and oxygen atoms in total. The molecule has 0 heterocycles. The summed E-state index contributed by atoms with van der Waals surface area (Å²) in [6, 6.07) is 31.0. The highest BCUT2D eigenvalue weighted by molar-refractivity contribution is 5.81. The molecule has 4 unspecified atom stereocenters. The van der Waals surface area contributed by atoms with E-state index in [-0.39, 0.29) is 37.3 Å². The van der Waals surface area contributed by atoms with Crippen LogP contribution in [0, 0.1) is 0 Å². The summed E-state index contributed by atoms with van der Waals surface area (Å²) >= 11 is 0. The zero-order chi connectivity index (χ0) is 45.0. The van der Waals surface area contributed by atoms with Gasteiger partial charge in [0.05, 0.1) is 0 Å². The Kier molecular flexibility index (Phi) is 16.4. The van der Waals surface area contributed by atoms with Gasteiger partial charge in [-0.05, 0) is 98.0 Å². The molecule has 4 aromatic rings. The van der Waals surface area contributed by atoms with Gasteiger partial charge in [-0.1, -0.05) is 96.3 Å². The van der Waals surface area contributed by atoms with Gasteiger partial charge in [-0.2, -0.15) is 0 Å². The van der Waals surface area contributed by atoms with Crippen molar-refractivity contribution in [2.75, 3.05) is 26.4 Å². The van der Waals surface area contributed by atoms with E-state index in [9.17, 15) is 24.9 Å². The molecule has 0 bridgehead atoms. The Morgan fingerprint density at radius 3 is 1.28 bits per heavy atom. The van der Waals surface area contributed by atoms with Gasteiger partial charge in [-0.25, -0.2) is 9.59 Å². The highest BCUT2D eigenvalue weighted by atomic mass is 16.6. The smallest absolute Gasteiger partial charge is 0.330 e. The van der Waals surface area contributed by atoms with Gasteiger partial charge in [0, 0.05) is 23.0 Å². The molecule has 328 valence electrons. The highest BCUT2D eigenvalue weighted by Crippen LogP contribution is 2.36. The van der Waals surface area contributed by atoms with Crippen LogP contribution in [0.3, 0.4) is 0 Å². The van der Waals surface area contributed by atoms with Crippen LogP contribution in [0.25, 0.3) is 0 Å². The fraction of sp³-hybridized carbons (Fsp3) is 0.400. The molecule has 4 atom stereocenters. The van der Waals surface area contributed by atoms with Gasteiger partial charge in [0.15, 0.2) is 0 Å². The van der Waals surface area contributed by atoms with Crippen LogP contribution in [-0.2, 0) is 29.9 Å². The summed E-state index contributed by atoms with van der Waals surface area (Å²) in [5, 5.41) is 31.9. The zero-order valence-corrected chi connectivity index (χ0v) is 36.7. The van der Waals surface area contributed by atoms with Crippen molar-refractivity contribution in [1.29, 1.82) is 0 Å². The summed E-state index contributed by atoms with van der Waals surface area (Å²) in [4.78, 5) is 22.6. The first-order valence-corrected chi connectivity index (χ1v) is 20.4. The average Bonchev–Trinajstić information content (AvgIpc) is 3.25. The van der Waals surface area contributed by atoms with Gasteiger partial charge in [0.1, 0.15) is 78.9 Å². The van der Waals surface area contributed by atoms with Gasteiger partial charge >= 0.3 is 11.9 Å². The summed E-state index contributed by atoms with van der Waals surface area (Å²) in [5.41, 5.74) is 1.59. The lowest BCUT2D eigenvalue weighted by molar-refractivity contribution is -0.145. The maximum atomic E-state index is 11.4. The molecule has 0 aliphatic carbocycles. The molecule has 0 aliphatic heterocycles. The Balaban J connectivity index is 1.31. The van der Waals surface area contributed by atoms with Crippen LogP contribution in [0.2, 0.25) is 0 Å². The van der Waals surface area contributed by atoms with E-state index in [0.29, 0.717) is 29.4 Å². The normalized spacial score (nSPS) is 14.3. The first-order chi connectivity index (χ1) is 28.7. The molecule has 11 heteroatoms. The number of esters is 2. The SMILES string of the molecule is C=CC(=O)OCC(O)COc1ccc(C(C)(C)c2ccc(OC(C)(CC)C(O)COc3ccc(C(C)(C)c4ccc(OC(C)(C)C(O)COC(=O)C=C)cc4)cc3)cc2)cc1. The number of aliphatic hydroxyl groups excluding tert-OH is 3. The van der Waals surface area contributed by atoms with Crippen molar-refractivity contribution in [3.05, 3.63) is 145 Å². The molecular formula is C50H62O11. The molecular weight excluding hydrogens is 777 g/mol. The monoisotopic (exact) mass is 838 g/mol. The van der Waals surface area contributed by atoms with Crippen molar-refractivity contribution in [1.82, 2.24) is 0 Å². The number of ether oxygens (including phenoxy) is 6. The minimum atomic E-state index is -1.05. The molecule has 0 radical (unpaired) electrons. The van der Waals surface area contributed by atoms with Crippen LogP contribution in [0.1, 0.15) is 84.1 Å². The molecule has 4 aromatic carbocycles. The lowest BCUT2D eigenvalue weighted by Gasteiger charge is -2.34. The summed E-state index contributed by atoms with van der Waals surface area (Å²) in [7, 11) is 0. The Bertz CT molecular complexity index is 2040. The molecule has 0 aliphatic rings. The van der Waals surface area contributed by atoms with Gasteiger partial charge in [0.25, 0.3) is 0 Å². The molecule has 0 amide bonds. The predicted molar refractivity (Wildman–Crippen MR) is 235 cm³/mol. The van der Waals surface area contributed by atoms with E-state index in [1.165, 1.54) is 0 Å². The molecule has 3 N–H and O–H groups in total. The number of rotatable bonds is 23. The zero-order valence-electron chi connectivity index (χ0n) is 36.7. The van der Waals surface area contributed by atoms with E-state index in [2.05, 4.69) is 40.9 Å². The summed E-state index contributed by atoms with van der Waals surface area (Å²) in [6.45, 7) is 22.1. The van der Waals surface area contributed by atoms with Crippen LogP contribution < -0.4 is 18.9 Å². The first kappa shape index (κ1) is 48.1. The van der Waals surface area contributed by atoms with Crippen molar-refractivity contribution in [2.24, 2.45) is 0 Å². The van der Waals surface area contributed by atoms with Crippen LogP contribution in [0.4, 0.5) is 0 Å². The third-order valence-electron chi connectivity index (χ3n) is 11.2. The molecule has 4 rings (SSSR count). The number of carbonyl (C=O) groups excluding carboxylic acids is 2. The van der Waals surface area contributed by atoms with Gasteiger partial charge in [-0.3, -0.25) is 0 Å². The summed E-state index contributed by atoms with van der Waals surface area (Å²) in [6.07, 6.45) is -0.314. The van der Waals surface area contributed by atoms with Crippen LogP contribution in [-0.4, -0.2) is 83.2 Å². The number of carbonyl (C=O) groups is 2. The van der Waals surface area contributed by atoms with Crippen LogP contribution in [0.15, 0.2) is 122 Å². The highest BCUT2D eigenvalue weighted by Gasteiger charge is 2.35. The van der Waals surface area contributed by atoms with Crippen molar-refractivity contribution in [2.45, 2.75) is 102 Å². The topological polar surface area (TPSA) is 150 Å². The van der Waals surface area contributed by atoms with E-state index in [1.54, 1.807) is 13.8 Å². The Morgan fingerprint density at radius 2 is 0.885 bits per heavy atom. The van der Waals surface area contributed by atoms with E-state index < -0.39 is 41.5 Å². The van der Waals surface area contributed by atoms with Crippen molar-refractivity contribution in [3.63, 3.8) is 0 Å². The van der Waals surface area contributed by atoms with E-state index in [4.69, 9.17) is 28.4 Å². The number of aliphatic hydroxyl groups is 3. The third-order valence-corrected chi connectivity index (χ3v) is 11.2. The van der Waals surface area contributed by atoms with Gasteiger partial charge < -0.3 is 43.7 Å². The largest absolute Gasteiger partial charge is 0.491 e.